The van der Waals surface area contributed by atoms with Crippen LogP contribution >= 0.6 is 0 Å². The number of hydrogen-bond acceptors (Lipinski definition) is 4. The molecule has 0 unspecified atom stereocenters. The van der Waals surface area contributed by atoms with Crippen LogP contribution in [-0.2, 0) is 19.6 Å². The van der Waals surface area contributed by atoms with Gasteiger partial charge in [-0.3, -0.25) is 9.59 Å². The minimum atomic E-state index is -3.80. The van der Waals surface area contributed by atoms with Crippen LogP contribution in [0, 0.1) is 5.82 Å². The maximum atomic E-state index is 12.8. The van der Waals surface area contributed by atoms with E-state index in [0.29, 0.717) is 11.4 Å². The van der Waals surface area contributed by atoms with Gasteiger partial charge >= 0.3 is 0 Å². The molecule has 0 atom stereocenters. The van der Waals surface area contributed by atoms with Crippen molar-refractivity contribution < 1.29 is 22.4 Å². The normalized spacial score (nSPS) is 11.0. The zero-order valence-electron chi connectivity index (χ0n) is 14.0. The van der Waals surface area contributed by atoms with E-state index in [1.807, 2.05) is 0 Å². The van der Waals surface area contributed by atoms with Crippen LogP contribution < -0.4 is 15.4 Å². The van der Waals surface area contributed by atoms with Crippen LogP contribution in [-0.4, -0.2) is 26.8 Å². The monoisotopic (exact) mass is 379 g/mol. The Morgan fingerprint density at radius 2 is 1.46 bits per heavy atom. The molecule has 7 nitrogen and oxygen atoms in total. The number of amides is 2. The minimum Gasteiger partial charge on any atom is -0.326 e. The van der Waals surface area contributed by atoms with Crippen molar-refractivity contribution in [1.29, 1.82) is 0 Å². The molecule has 0 aliphatic heterocycles. The smallest absolute Gasteiger partial charge is 0.240 e. The van der Waals surface area contributed by atoms with Gasteiger partial charge in [-0.25, -0.2) is 17.5 Å². The zero-order chi connectivity index (χ0) is 19.2. The maximum absolute atomic E-state index is 12.8. The lowest BCUT2D eigenvalue weighted by Gasteiger charge is -2.08. The van der Waals surface area contributed by atoms with Crippen molar-refractivity contribution in [2.45, 2.75) is 18.2 Å². The number of carbonyl (C=O) groups is 2. The first-order valence-electron chi connectivity index (χ1n) is 7.69. The summed E-state index contributed by atoms with van der Waals surface area (Å²) in [5, 5.41) is 5.22. The van der Waals surface area contributed by atoms with Gasteiger partial charge in [-0.2, -0.15) is 0 Å². The average Bonchev–Trinajstić information content (AvgIpc) is 2.56. The van der Waals surface area contributed by atoms with Crippen molar-refractivity contribution in [2.24, 2.45) is 0 Å². The van der Waals surface area contributed by atoms with Crippen LogP contribution in [0.3, 0.4) is 0 Å². The Labute approximate surface area is 150 Å². The first kappa shape index (κ1) is 19.5. The van der Waals surface area contributed by atoms with Gasteiger partial charge in [0.15, 0.2) is 0 Å². The molecule has 3 N–H and O–H groups in total. The van der Waals surface area contributed by atoms with E-state index in [1.54, 1.807) is 24.3 Å². The summed E-state index contributed by atoms with van der Waals surface area (Å²) in [7, 11) is -3.80. The lowest BCUT2D eigenvalue weighted by Crippen LogP contribution is -2.27. The van der Waals surface area contributed by atoms with E-state index in [1.165, 1.54) is 6.92 Å². The number of nitrogens with one attached hydrogen (secondary N) is 3. The molecule has 0 radical (unpaired) electrons. The van der Waals surface area contributed by atoms with Crippen molar-refractivity contribution in [1.82, 2.24) is 4.72 Å². The second-order valence-electron chi connectivity index (χ2n) is 5.41. The Morgan fingerprint density at radius 1 is 0.923 bits per heavy atom. The van der Waals surface area contributed by atoms with Crippen LogP contribution in [0.25, 0.3) is 0 Å². The number of sulfonamides is 1. The summed E-state index contributed by atoms with van der Waals surface area (Å²) in [4.78, 5) is 22.7. The van der Waals surface area contributed by atoms with E-state index < -0.39 is 15.8 Å². The fraction of sp³-hybridized carbons (Fsp3) is 0.176. The summed E-state index contributed by atoms with van der Waals surface area (Å²) >= 11 is 0. The van der Waals surface area contributed by atoms with E-state index in [4.69, 9.17) is 0 Å². The molecular weight excluding hydrogens is 361 g/mol. The second kappa shape index (κ2) is 8.54. The number of hydrogen-bond donors (Lipinski definition) is 3. The Morgan fingerprint density at radius 3 is 2.00 bits per heavy atom. The molecule has 2 aromatic rings. The molecule has 2 aromatic carbocycles. The molecule has 0 fully saturated rings. The summed E-state index contributed by atoms with van der Waals surface area (Å²) < 4.78 is 39.1. The lowest BCUT2D eigenvalue weighted by molar-refractivity contribution is -0.116. The molecule has 0 saturated heterocycles. The Kier molecular flexibility index (Phi) is 6.42. The number of benzene rings is 2. The van der Waals surface area contributed by atoms with Crippen molar-refractivity contribution in [3.63, 3.8) is 0 Å². The van der Waals surface area contributed by atoms with Crippen molar-refractivity contribution >= 4 is 33.2 Å². The van der Waals surface area contributed by atoms with Crippen LogP contribution in [0.4, 0.5) is 15.8 Å². The molecule has 0 aliphatic carbocycles. The zero-order valence-corrected chi connectivity index (χ0v) is 14.8. The third kappa shape index (κ3) is 5.94. The van der Waals surface area contributed by atoms with Gasteiger partial charge in [-0.05, 0) is 48.5 Å². The van der Waals surface area contributed by atoms with Gasteiger partial charge in [0.1, 0.15) is 5.82 Å². The molecule has 0 aliphatic rings. The van der Waals surface area contributed by atoms with Gasteiger partial charge < -0.3 is 10.6 Å². The highest BCUT2D eigenvalue weighted by Crippen LogP contribution is 2.14. The lowest BCUT2D eigenvalue weighted by atomic mass is 10.2. The highest BCUT2D eigenvalue weighted by molar-refractivity contribution is 7.89. The summed E-state index contributed by atoms with van der Waals surface area (Å²) in [6, 6.07) is 10.9. The summed E-state index contributed by atoms with van der Waals surface area (Å²) in [6.45, 7) is 1.29. The average molecular weight is 379 g/mol. The van der Waals surface area contributed by atoms with Crippen LogP contribution in [0.2, 0.25) is 0 Å². The number of halogens is 1. The standard InChI is InChI=1S/C17H18FN3O4S/c1-12(22)20-14-4-6-15(7-5-14)21-17(23)10-11-19-26(24,25)16-8-2-13(18)3-9-16/h2-9,19H,10-11H2,1H3,(H,20,22)(H,21,23). The molecule has 2 rings (SSSR count). The number of rotatable bonds is 7. The highest BCUT2D eigenvalue weighted by Gasteiger charge is 2.14. The van der Waals surface area contributed by atoms with Crippen LogP contribution in [0.5, 0.6) is 0 Å². The van der Waals surface area contributed by atoms with Crippen molar-refractivity contribution in [3.05, 3.63) is 54.3 Å². The van der Waals surface area contributed by atoms with Crippen LogP contribution in [0.15, 0.2) is 53.4 Å². The van der Waals surface area contributed by atoms with Crippen molar-refractivity contribution in [3.8, 4) is 0 Å². The third-order valence-electron chi connectivity index (χ3n) is 3.26. The van der Waals surface area contributed by atoms with E-state index in [0.717, 1.165) is 24.3 Å². The summed E-state index contributed by atoms with van der Waals surface area (Å²) in [6.07, 6.45) is -0.0755. The van der Waals surface area contributed by atoms with E-state index >= 15 is 0 Å². The van der Waals surface area contributed by atoms with Gasteiger partial charge in [0, 0.05) is 31.3 Å². The molecule has 9 heteroatoms. The first-order chi connectivity index (χ1) is 12.3. The van der Waals surface area contributed by atoms with E-state index in [9.17, 15) is 22.4 Å². The molecule has 0 aromatic heterocycles. The van der Waals surface area contributed by atoms with Gasteiger partial charge in [0.2, 0.25) is 21.8 Å². The molecule has 0 heterocycles. The molecule has 0 spiro atoms. The minimum absolute atomic E-state index is 0.0755. The molecule has 2 amide bonds. The summed E-state index contributed by atoms with van der Waals surface area (Å²) in [5.41, 5.74) is 1.12. The molecular formula is C17H18FN3O4S. The van der Waals surface area contributed by atoms with Crippen molar-refractivity contribution in [2.75, 3.05) is 17.2 Å². The van der Waals surface area contributed by atoms with E-state index in [-0.39, 0.29) is 29.7 Å². The number of anilines is 2. The largest absolute Gasteiger partial charge is 0.326 e. The Bertz CT molecular complexity index is 881. The SMILES string of the molecule is CC(=O)Nc1ccc(NC(=O)CCNS(=O)(=O)c2ccc(F)cc2)cc1. The fourth-order valence-corrected chi connectivity index (χ4v) is 3.09. The predicted octanol–water partition coefficient (Wildman–Crippen LogP) is 2.09. The van der Waals surface area contributed by atoms with Gasteiger partial charge in [-0.15, -0.1) is 0 Å². The number of carbonyl (C=O) groups excluding carboxylic acids is 2. The van der Waals surface area contributed by atoms with Gasteiger partial charge in [0.25, 0.3) is 0 Å². The van der Waals surface area contributed by atoms with Crippen LogP contribution in [0.1, 0.15) is 13.3 Å². The molecule has 0 bridgehead atoms. The summed E-state index contributed by atoms with van der Waals surface area (Å²) in [5.74, 6) is -1.11. The Hall–Kier alpha value is -2.78. The molecule has 138 valence electrons. The topological polar surface area (TPSA) is 104 Å². The van der Waals surface area contributed by atoms with Gasteiger partial charge in [0.05, 0.1) is 4.90 Å². The highest BCUT2D eigenvalue weighted by atomic mass is 32.2. The van der Waals surface area contributed by atoms with Gasteiger partial charge in [-0.1, -0.05) is 0 Å². The fourth-order valence-electron chi connectivity index (χ4n) is 2.06. The Balaban J connectivity index is 1.83. The quantitative estimate of drug-likeness (QED) is 0.685. The second-order valence-corrected chi connectivity index (χ2v) is 7.18. The first-order valence-corrected chi connectivity index (χ1v) is 9.17. The molecule has 26 heavy (non-hydrogen) atoms. The third-order valence-corrected chi connectivity index (χ3v) is 4.73. The maximum Gasteiger partial charge on any atom is 0.240 e. The molecule has 0 saturated carbocycles. The predicted molar refractivity (Wildman–Crippen MR) is 95.6 cm³/mol. The van der Waals surface area contributed by atoms with E-state index in [2.05, 4.69) is 15.4 Å².